The Morgan fingerprint density at radius 2 is 1.43 bits per heavy atom. The molecule has 0 unspecified atom stereocenters. The maximum absolute atomic E-state index is 14.0. The van der Waals surface area contributed by atoms with E-state index >= 15 is 0 Å². The molecule has 6 nitrogen and oxygen atoms in total. The highest BCUT2D eigenvalue weighted by Crippen LogP contribution is 2.48. The Labute approximate surface area is 252 Å². The van der Waals surface area contributed by atoms with Crippen LogP contribution in [0.2, 0.25) is 0 Å². The molecule has 0 saturated carbocycles. The quantitative estimate of drug-likeness (QED) is 0.181. The molecular weight excluding hydrogens is 567 g/mol. The third kappa shape index (κ3) is 5.08. The summed E-state index contributed by atoms with van der Waals surface area (Å²) in [5, 5.41) is 1.22. The normalized spacial score (nSPS) is 16.2. The number of rotatable bonds is 8. The van der Waals surface area contributed by atoms with Gasteiger partial charge in [0.2, 0.25) is 11.8 Å². The Bertz CT molecular complexity index is 1830. The maximum atomic E-state index is 14.0. The average molecular weight is 596 g/mol. The Balaban J connectivity index is 1.27. The van der Waals surface area contributed by atoms with Crippen LogP contribution in [0.3, 0.4) is 0 Å². The number of carbonyl (C=O) groups excluding carboxylic acids is 1. The van der Waals surface area contributed by atoms with E-state index in [4.69, 9.17) is 9.47 Å². The minimum absolute atomic E-state index is 0.0456. The molecule has 1 saturated heterocycles. The van der Waals surface area contributed by atoms with Crippen molar-refractivity contribution in [1.29, 1.82) is 0 Å². The van der Waals surface area contributed by atoms with Gasteiger partial charge in [-0.1, -0.05) is 72.8 Å². The average Bonchev–Trinajstić information content (AvgIpc) is 3.65. The molecule has 0 aliphatic carbocycles. The van der Waals surface area contributed by atoms with Crippen LogP contribution >= 0.6 is 0 Å². The molecule has 9 heteroatoms. The van der Waals surface area contributed by atoms with Crippen molar-refractivity contribution in [3.8, 4) is 11.8 Å². The molecule has 0 bridgehead atoms. The lowest BCUT2D eigenvalue weighted by Gasteiger charge is -2.29. The number of nitrogens with zero attached hydrogens (tertiary/aromatic N) is 3. The summed E-state index contributed by atoms with van der Waals surface area (Å²) in [5.41, 5.74) is 3.77. The van der Waals surface area contributed by atoms with Crippen LogP contribution in [0.15, 0.2) is 103 Å². The van der Waals surface area contributed by atoms with Gasteiger partial charge in [0.25, 0.3) is 5.91 Å². The third-order valence-electron chi connectivity index (χ3n) is 8.11. The molecule has 1 atom stereocenters. The van der Waals surface area contributed by atoms with E-state index in [1.165, 1.54) is 9.80 Å². The summed E-state index contributed by atoms with van der Waals surface area (Å²) < 4.78 is 53.9. The van der Waals surface area contributed by atoms with Crippen molar-refractivity contribution in [1.82, 2.24) is 4.98 Å². The van der Waals surface area contributed by atoms with Crippen molar-refractivity contribution in [3.05, 3.63) is 120 Å². The van der Waals surface area contributed by atoms with Gasteiger partial charge in [-0.3, -0.25) is 9.69 Å². The van der Waals surface area contributed by atoms with E-state index in [0.717, 1.165) is 11.1 Å². The van der Waals surface area contributed by atoms with Crippen LogP contribution in [-0.2, 0) is 13.2 Å². The lowest BCUT2D eigenvalue weighted by atomic mass is 10.0. The van der Waals surface area contributed by atoms with Gasteiger partial charge in [-0.15, -0.1) is 0 Å². The number of pyridine rings is 1. The Morgan fingerprint density at radius 3 is 2.14 bits per heavy atom. The Morgan fingerprint density at radius 1 is 0.750 bits per heavy atom. The molecular formula is C35H28F3N3O3. The van der Waals surface area contributed by atoms with E-state index in [-0.39, 0.29) is 24.8 Å². The lowest BCUT2D eigenvalue weighted by molar-refractivity contribution is -0.145. The number of ether oxygens (including phenoxy) is 2. The molecule has 2 aliphatic rings. The summed E-state index contributed by atoms with van der Waals surface area (Å²) in [6.07, 6.45) is -3.85. The topological polar surface area (TPSA) is 54.9 Å². The van der Waals surface area contributed by atoms with Crippen LogP contribution in [0, 0.1) is 0 Å². The fraction of sp³-hybridized carbons (Fsp3) is 0.200. The van der Waals surface area contributed by atoms with Crippen molar-refractivity contribution in [2.75, 3.05) is 16.3 Å². The first-order chi connectivity index (χ1) is 21.4. The number of anilines is 3. The van der Waals surface area contributed by atoms with Gasteiger partial charge >= 0.3 is 6.18 Å². The SMILES string of the molecule is O=C1c2ccc(N3CCC[C@H]3C(F)(F)F)c3cccc(c23)N1c1ccc(OCc2ccccc2)nc1OCc1ccccc1. The number of amides is 1. The van der Waals surface area contributed by atoms with Crippen molar-refractivity contribution in [2.24, 2.45) is 0 Å². The molecule has 44 heavy (non-hydrogen) atoms. The second-order valence-corrected chi connectivity index (χ2v) is 10.9. The molecule has 1 amide bonds. The predicted molar refractivity (Wildman–Crippen MR) is 163 cm³/mol. The predicted octanol–water partition coefficient (Wildman–Crippen LogP) is 8.22. The molecule has 7 rings (SSSR count). The lowest BCUT2D eigenvalue weighted by Crippen LogP contribution is -2.41. The highest BCUT2D eigenvalue weighted by molar-refractivity contribution is 6.29. The summed E-state index contributed by atoms with van der Waals surface area (Å²) in [6.45, 7) is 0.809. The van der Waals surface area contributed by atoms with Gasteiger partial charge in [0.1, 0.15) is 24.9 Å². The molecule has 5 aromatic rings. The standard InChI is InChI=1S/C35H28F3N3O3/c36-35(37,38)30-15-8-20-40(30)27-17-16-26-32-25(27)13-7-14-28(32)41(34(26)42)29-18-19-31(43-21-23-9-3-1-4-10-23)39-33(29)44-22-24-11-5-2-6-12-24/h1-7,9-14,16-19,30H,8,15,20-22H2/t30-/m0/s1. The molecule has 3 heterocycles. The molecule has 1 fully saturated rings. The van der Waals surface area contributed by atoms with Gasteiger partial charge in [0.05, 0.1) is 11.3 Å². The molecule has 4 aromatic carbocycles. The first kappa shape index (κ1) is 27.8. The number of halogens is 3. The van der Waals surface area contributed by atoms with Crippen molar-refractivity contribution >= 4 is 33.7 Å². The van der Waals surface area contributed by atoms with E-state index in [0.29, 0.717) is 58.9 Å². The van der Waals surface area contributed by atoms with Crippen LogP contribution < -0.4 is 19.3 Å². The van der Waals surface area contributed by atoms with Gasteiger partial charge in [-0.05, 0) is 48.2 Å². The van der Waals surface area contributed by atoms with E-state index in [1.54, 1.807) is 42.5 Å². The maximum Gasteiger partial charge on any atom is 0.408 e. The number of hydrogen-bond acceptors (Lipinski definition) is 5. The van der Waals surface area contributed by atoms with E-state index < -0.39 is 12.2 Å². The molecule has 2 aliphatic heterocycles. The van der Waals surface area contributed by atoms with Gasteiger partial charge in [0, 0.05) is 29.1 Å². The zero-order valence-corrected chi connectivity index (χ0v) is 23.6. The Kier molecular flexibility index (Phi) is 7.08. The first-order valence-corrected chi connectivity index (χ1v) is 14.5. The van der Waals surface area contributed by atoms with Crippen LogP contribution in [0.5, 0.6) is 11.8 Å². The van der Waals surface area contributed by atoms with E-state index in [1.807, 2.05) is 60.7 Å². The molecule has 0 radical (unpaired) electrons. The van der Waals surface area contributed by atoms with E-state index in [2.05, 4.69) is 4.98 Å². The molecule has 0 spiro atoms. The van der Waals surface area contributed by atoms with Crippen LogP contribution in [0.1, 0.15) is 34.3 Å². The molecule has 222 valence electrons. The van der Waals surface area contributed by atoms with Gasteiger partial charge in [0.15, 0.2) is 0 Å². The third-order valence-corrected chi connectivity index (χ3v) is 8.11. The van der Waals surface area contributed by atoms with Crippen LogP contribution in [-0.4, -0.2) is 29.7 Å². The summed E-state index contributed by atoms with van der Waals surface area (Å²) >= 11 is 0. The number of carbonyl (C=O) groups is 1. The number of hydrogen-bond donors (Lipinski definition) is 0. The minimum atomic E-state index is -4.35. The van der Waals surface area contributed by atoms with E-state index in [9.17, 15) is 18.0 Å². The fourth-order valence-electron chi connectivity index (χ4n) is 6.08. The summed E-state index contributed by atoms with van der Waals surface area (Å²) in [5.74, 6) is 0.230. The van der Waals surface area contributed by atoms with Crippen molar-refractivity contribution in [2.45, 2.75) is 38.3 Å². The summed E-state index contributed by atoms with van der Waals surface area (Å²) in [6, 6.07) is 29.8. The van der Waals surface area contributed by atoms with Crippen LogP contribution in [0.4, 0.5) is 30.2 Å². The largest absolute Gasteiger partial charge is 0.473 e. The highest BCUT2D eigenvalue weighted by atomic mass is 19.4. The number of alkyl halides is 3. The fourth-order valence-corrected chi connectivity index (χ4v) is 6.08. The first-order valence-electron chi connectivity index (χ1n) is 14.5. The Hall–Kier alpha value is -5.05. The second-order valence-electron chi connectivity index (χ2n) is 10.9. The van der Waals surface area contributed by atoms with Crippen molar-refractivity contribution < 1.29 is 27.4 Å². The summed E-state index contributed by atoms with van der Waals surface area (Å²) in [4.78, 5) is 21.6. The monoisotopic (exact) mass is 595 g/mol. The van der Waals surface area contributed by atoms with Crippen molar-refractivity contribution in [3.63, 3.8) is 0 Å². The minimum Gasteiger partial charge on any atom is -0.473 e. The van der Waals surface area contributed by atoms with Gasteiger partial charge < -0.3 is 14.4 Å². The second kappa shape index (κ2) is 11.2. The number of benzene rings is 4. The molecule has 0 N–H and O–H groups in total. The van der Waals surface area contributed by atoms with Crippen LogP contribution in [0.25, 0.3) is 10.8 Å². The highest BCUT2D eigenvalue weighted by Gasteiger charge is 2.46. The van der Waals surface area contributed by atoms with Gasteiger partial charge in [-0.25, -0.2) is 0 Å². The van der Waals surface area contributed by atoms with Gasteiger partial charge in [-0.2, -0.15) is 18.2 Å². The zero-order chi connectivity index (χ0) is 30.3. The smallest absolute Gasteiger partial charge is 0.408 e. The molecule has 1 aromatic heterocycles. The summed E-state index contributed by atoms with van der Waals surface area (Å²) in [7, 11) is 0. The number of aromatic nitrogens is 1. The zero-order valence-electron chi connectivity index (χ0n) is 23.6.